The van der Waals surface area contributed by atoms with Crippen molar-refractivity contribution in [1.29, 1.82) is 0 Å². The van der Waals surface area contributed by atoms with Crippen LogP contribution in [0.4, 0.5) is 0 Å². The molecule has 0 heterocycles. The highest BCUT2D eigenvalue weighted by molar-refractivity contribution is 6.74. The van der Waals surface area contributed by atoms with Crippen LogP contribution >= 0.6 is 0 Å². The third-order valence-electron chi connectivity index (χ3n) is 5.08. The summed E-state index contributed by atoms with van der Waals surface area (Å²) >= 11 is 0. The Bertz CT molecular complexity index is 576. The standard InChI is InChI=1S/C20H34O4Si/c1-9-10-13-16(24-25(7,8)20(2,3)4)15-12-11-14-17(22-5)18(15)19(21)23-6/h11-12,14,16H,9-10,13H2,1-8H3/t16-/m0/s1. The van der Waals surface area contributed by atoms with Crippen molar-refractivity contribution in [3.8, 4) is 5.75 Å². The third kappa shape index (κ3) is 5.32. The Kier molecular flexibility index (Phi) is 7.69. The summed E-state index contributed by atoms with van der Waals surface area (Å²) in [6.45, 7) is 13.3. The molecule has 1 atom stereocenters. The van der Waals surface area contributed by atoms with E-state index < -0.39 is 8.32 Å². The fourth-order valence-corrected chi connectivity index (χ4v) is 3.82. The molecule has 0 radical (unpaired) electrons. The average molecular weight is 367 g/mol. The number of rotatable bonds is 8. The maximum Gasteiger partial charge on any atom is 0.342 e. The van der Waals surface area contributed by atoms with Gasteiger partial charge in [-0.15, -0.1) is 0 Å². The van der Waals surface area contributed by atoms with E-state index in [4.69, 9.17) is 13.9 Å². The zero-order valence-corrected chi connectivity index (χ0v) is 18.1. The Morgan fingerprint density at radius 3 is 2.32 bits per heavy atom. The van der Waals surface area contributed by atoms with E-state index in [-0.39, 0.29) is 17.1 Å². The maximum absolute atomic E-state index is 12.4. The molecular weight excluding hydrogens is 332 g/mol. The molecule has 0 aliphatic rings. The second-order valence-electron chi connectivity index (χ2n) is 7.93. The van der Waals surface area contributed by atoms with Gasteiger partial charge in [-0.05, 0) is 36.2 Å². The quantitative estimate of drug-likeness (QED) is 0.435. The molecule has 5 heteroatoms. The van der Waals surface area contributed by atoms with Crippen molar-refractivity contribution in [1.82, 2.24) is 0 Å². The van der Waals surface area contributed by atoms with Gasteiger partial charge < -0.3 is 13.9 Å². The number of unbranched alkanes of at least 4 members (excludes halogenated alkanes) is 1. The molecule has 0 aromatic heterocycles. The van der Waals surface area contributed by atoms with Crippen LogP contribution in [0.15, 0.2) is 18.2 Å². The van der Waals surface area contributed by atoms with Gasteiger partial charge in [-0.25, -0.2) is 4.79 Å². The van der Waals surface area contributed by atoms with Crippen molar-refractivity contribution in [2.75, 3.05) is 14.2 Å². The van der Waals surface area contributed by atoms with Crippen molar-refractivity contribution < 1.29 is 18.7 Å². The molecule has 4 nitrogen and oxygen atoms in total. The smallest absolute Gasteiger partial charge is 0.342 e. The van der Waals surface area contributed by atoms with E-state index in [1.54, 1.807) is 13.2 Å². The lowest BCUT2D eigenvalue weighted by atomic mass is 9.97. The van der Waals surface area contributed by atoms with Crippen LogP contribution in [-0.4, -0.2) is 28.5 Å². The molecule has 0 spiro atoms. The predicted molar refractivity (Wildman–Crippen MR) is 105 cm³/mol. The molecule has 1 rings (SSSR count). The first kappa shape index (κ1) is 21.7. The number of carbonyl (C=O) groups excluding carboxylic acids is 1. The molecule has 0 amide bonds. The summed E-state index contributed by atoms with van der Waals surface area (Å²) in [6, 6.07) is 5.66. The van der Waals surface area contributed by atoms with E-state index in [0.29, 0.717) is 11.3 Å². The molecule has 0 unspecified atom stereocenters. The van der Waals surface area contributed by atoms with Gasteiger partial charge in [0, 0.05) is 0 Å². The summed E-state index contributed by atoms with van der Waals surface area (Å²) in [6.07, 6.45) is 2.86. The van der Waals surface area contributed by atoms with Crippen molar-refractivity contribution in [2.45, 2.75) is 71.2 Å². The normalized spacial score (nSPS) is 13.4. The van der Waals surface area contributed by atoms with Gasteiger partial charge in [0.2, 0.25) is 0 Å². The summed E-state index contributed by atoms with van der Waals surface area (Å²) in [4.78, 5) is 12.4. The molecule has 0 bridgehead atoms. The van der Waals surface area contributed by atoms with E-state index in [0.717, 1.165) is 24.8 Å². The molecule has 0 saturated carbocycles. The van der Waals surface area contributed by atoms with Crippen molar-refractivity contribution >= 4 is 14.3 Å². The van der Waals surface area contributed by atoms with E-state index in [1.165, 1.54) is 7.11 Å². The lowest BCUT2D eigenvalue weighted by Gasteiger charge is -2.40. The van der Waals surface area contributed by atoms with Crippen molar-refractivity contribution in [3.63, 3.8) is 0 Å². The minimum atomic E-state index is -1.99. The van der Waals surface area contributed by atoms with Gasteiger partial charge in [0.25, 0.3) is 0 Å². The lowest BCUT2D eigenvalue weighted by Crippen LogP contribution is -2.42. The summed E-state index contributed by atoms with van der Waals surface area (Å²) < 4.78 is 17.1. The Hall–Kier alpha value is -1.33. The monoisotopic (exact) mass is 366 g/mol. The number of hydrogen-bond donors (Lipinski definition) is 0. The first-order chi connectivity index (χ1) is 11.6. The fraction of sp³-hybridized carbons (Fsp3) is 0.650. The third-order valence-corrected chi connectivity index (χ3v) is 9.56. The number of hydrogen-bond acceptors (Lipinski definition) is 4. The minimum Gasteiger partial charge on any atom is -0.496 e. The highest BCUT2D eigenvalue weighted by atomic mass is 28.4. The van der Waals surface area contributed by atoms with Gasteiger partial charge in [-0.2, -0.15) is 0 Å². The number of esters is 1. The Labute approximate surface area is 154 Å². The first-order valence-corrected chi connectivity index (χ1v) is 11.9. The van der Waals surface area contributed by atoms with Gasteiger partial charge in [0.15, 0.2) is 8.32 Å². The SMILES string of the molecule is CCCC[C@H](O[Si](C)(C)C(C)(C)C)c1cccc(OC)c1C(=O)OC. The average Bonchev–Trinajstić information content (AvgIpc) is 2.55. The van der Waals surface area contributed by atoms with Gasteiger partial charge in [0.1, 0.15) is 11.3 Å². The van der Waals surface area contributed by atoms with Crippen LogP contribution in [0.3, 0.4) is 0 Å². The number of carbonyl (C=O) groups is 1. The van der Waals surface area contributed by atoms with Gasteiger partial charge >= 0.3 is 5.97 Å². The summed E-state index contributed by atoms with van der Waals surface area (Å²) in [5.74, 6) is 0.150. The topological polar surface area (TPSA) is 44.8 Å². The first-order valence-electron chi connectivity index (χ1n) is 9.02. The zero-order valence-electron chi connectivity index (χ0n) is 17.1. The number of methoxy groups -OCH3 is 2. The molecule has 0 aliphatic carbocycles. The largest absolute Gasteiger partial charge is 0.496 e. The molecule has 0 N–H and O–H groups in total. The number of ether oxygens (including phenoxy) is 2. The second-order valence-corrected chi connectivity index (χ2v) is 12.7. The molecule has 1 aromatic carbocycles. The highest BCUT2D eigenvalue weighted by Gasteiger charge is 2.40. The van der Waals surface area contributed by atoms with Gasteiger partial charge in [-0.1, -0.05) is 52.7 Å². The minimum absolute atomic E-state index is 0.0990. The van der Waals surface area contributed by atoms with Gasteiger partial charge in [-0.3, -0.25) is 0 Å². The predicted octanol–water partition coefficient (Wildman–Crippen LogP) is 5.73. The molecule has 0 aliphatic heterocycles. The highest BCUT2D eigenvalue weighted by Crippen LogP contribution is 2.42. The van der Waals surface area contributed by atoms with Crippen molar-refractivity contribution in [3.05, 3.63) is 29.3 Å². The van der Waals surface area contributed by atoms with Crippen LogP contribution in [0.5, 0.6) is 5.75 Å². The van der Waals surface area contributed by atoms with Crippen LogP contribution < -0.4 is 4.74 Å². The molecule has 25 heavy (non-hydrogen) atoms. The molecule has 1 aromatic rings. The van der Waals surface area contributed by atoms with Crippen LogP contribution in [0.25, 0.3) is 0 Å². The van der Waals surface area contributed by atoms with Crippen molar-refractivity contribution in [2.24, 2.45) is 0 Å². The number of benzene rings is 1. The molecule has 142 valence electrons. The van der Waals surface area contributed by atoms with E-state index in [2.05, 4.69) is 40.8 Å². The van der Waals surface area contributed by atoms with E-state index in [9.17, 15) is 4.79 Å². The lowest BCUT2D eigenvalue weighted by molar-refractivity contribution is 0.0589. The van der Waals surface area contributed by atoms with E-state index in [1.807, 2.05) is 12.1 Å². The Balaban J connectivity index is 3.39. The summed E-state index contributed by atoms with van der Waals surface area (Å²) in [5, 5.41) is 0.0990. The molecule has 0 saturated heterocycles. The summed E-state index contributed by atoms with van der Waals surface area (Å²) in [5.41, 5.74) is 1.34. The van der Waals surface area contributed by atoms with E-state index >= 15 is 0 Å². The Morgan fingerprint density at radius 1 is 1.20 bits per heavy atom. The Morgan fingerprint density at radius 2 is 1.84 bits per heavy atom. The fourth-order valence-electron chi connectivity index (χ4n) is 2.51. The molecular formula is C20H34O4Si. The second kappa shape index (κ2) is 8.85. The van der Waals surface area contributed by atoms with Gasteiger partial charge in [0.05, 0.1) is 20.3 Å². The zero-order chi connectivity index (χ0) is 19.3. The van der Waals surface area contributed by atoms with Crippen LogP contribution in [0, 0.1) is 0 Å². The summed E-state index contributed by atoms with van der Waals surface area (Å²) in [7, 11) is 0.979. The molecule has 0 fully saturated rings. The van der Waals surface area contributed by atoms with Crippen LogP contribution in [0.2, 0.25) is 18.1 Å². The van der Waals surface area contributed by atoms with Crippen LogP contribution in [0.1, 0.15) is 69.0 Å². The maximum atomic E-state index is 12.4. The van der Waals surface area contributed by atoms with Crippen LogP contribution in [-0.2, 0) is 9.16 Å².